The summed E-state index contributed by atoms with van der Waals surface area (Å²) < 4.78 is 5.46. The summed E-state index contributed by atoms with van der Waals surface area (Å²) in [7, 11) is 0. The summed E-state index contributed by atoms with van der Waals surface area (Å²) in [5.41, 5.74) is 4.43. The van der Waals surface area contributed by atoms with Crippen LogP contribution in [0.1, 0.15) is 62.2 Å². The van der Waals surface area contributed by atoms with Gasteiger partial charge in [0.1, 0.15) is 11.7 Å². The summed E-state index contributed by atoms with van der Waals surface area (Å²) in [6.45, 7) is 9.83. The highest BCUT2D eigenvalue weighted by Gasteiger charge is 2.48. The third kappa shape index (κ3) is 4.58. The lowest BCUT2D eigenvalue weighted by atomic mass is 9.78. The average molecular weight is 515 g/mol. The van der Waals surface area contributed by atoms with E-state index in [-0.39, 0.29) is 24.3 Å². The van der Waals surface area contributed by atoms with Gasteiger partial charge in [-0.3, -0.25) is 14.6 Å². The lowest BCUT2D eigenvalue weighted by Crippen LogP contribution is -2.44. The van der Waals surface area contributed by atoms with Gasteiger partial charge in [-0.2, -0.15) is 0 Å². The van der Waals surface area contributed by atoms with Crippen molar-refractivity contribution in [3.8, 4) is 11.1 Å². The minimum Gasteiger partial charge on any atom is -0.391 e. The zero-order valence-corrected chi connectivity index (χ0v) is 22.5. The molecular weight excluding hydrogens is 480 g/mol. The molecule has 0 bridgehead atoms. The number of amides is 2. The van der Waals surface area contributed by atoms with Gasteiger partial charge in [-0.15, -0.1) is 0 Å². The SMILES string of the molecule is Cc1cc([C@H](C(=O)N2C[C@H](O)C[C@@H]2C2=NC(=O)[C@](C)(c3ccc(-c4cccnc4C)cc3)C2)C(C)C)on1. The first-order valence-corrected chi connectivity index (χ1v) is 13.1. The van der Waals surface area contributed by atoms with Gasteiger partial charge in [0.2, 0.25) is 5.91 Å². The molecule has 1 fully saturated rings. The highest BCUT2D eigenvalue weighted by Crippen LogP contribution is 2.39. The van der Waals surface area contributed by atoms with Crippen LogP contribution in [-0.4, -0.2) is 56.4 Å². The van der Waals surface area contributed by atoms with Gasteiger partial charge in [-0.1, -0.05) is 49.3 Å². The molecule has 3 aromatic rings. The van der Waals surface area contributed by atoms with Gasteiger partial charge in [0.15, 0.2) is 0 Å². The largest absolute Gasteiger partial charge is 0.391 e. The molecule has 0 spiro atoms. The maximum atomic E-state index is 13.8. The Morgan fingerprint density at radius 2 is 1.92 bits per heavy atom. The number of aliphatic hydroxyl groups excluding tert-OH is 1. The molecule has 2 aliphatic rings. The average Bonchev–Trinajstić information content (AvgIpc) is 3.57. The molecule has 4 heterocycles. The van der Waals surface area contributed by atoms with Crippen LogP contribution in [-0.2, 0) is 15.0 Å². The number of carbonyl (C=O) groups is 2. The molecule has 8 nitrogen and oxygen atoms in total. The van der Waals surface area contributed by atoms with Crippen LogP contribution in [0.4, 0.5) is 0 Å². The zero-order chi connectivity index (χ0) is 27.2. The van der Waals surface area contributed by atoms with Crippen LogP contribution in [0.15, 0.2) is 58.2 Å². The van der Waals surface area contributed by atoms with Crippen molar-refractivity contribution in [2.45, 2.75) is 70.9 Å². The molecule has 0 radical (unpaired) electrons. The maximum absolute atomic E-state index is 13.8. The first-order chi connectivity index (χ1) is 18.1. The lowest BCUT2D eigenvalue weighted by molar-refractivity contribution is -0.134. The number of pyridine rings is 1. The minimum atomic E-state index is -0.834. The van der Waals surface area contributed by atoms with Gasteiger partial charge in [0, 0.05) is 48.6 Å². The third-order valence-electron chi connectivity index (χ3n) is 7.92. The Balaban J connectivity index is 1.39. The van der Waals surface area contributed by atoms with Crippen molar-refractivity contribution in [1.82, 2.24) is 15.0 Å². The first kappa shape index (κ1) is 26.0. The fourth-order valence-electron chi connectivity index (χ4n) is 5.77. The molecule has 1 aromatic carbocycles. The number of aryl methyl sites for hydroxylation is 2. The number of hydrogen-bond donors (Lipinski definition) is 1. The van der Waals surface area contributed by atoms with Gasteiger partial charge >= 0.3 is 0 Å². The standard InChI is InChI=1S/C30H34N4O4/c1-17(2)27(26-13-18(3)33-38-26)28(36)34-16-22(35)14-25(34)24-15-30(5,29(37)32-24)21-10-8-20(9-11-21)23-7-6-12-31-19(23)4/h6-13,17,22,25,27,35H,14-16H2,1-5H3/t22-,25-,27-,30+/m1/s1. The van der Waals surface area contributed by atoms with Crippen LogP contribution in [0.2, 0.25) is 0 Å². The van der Waals surface area contributed by atoms with Crippen LogP contribution >= 0.6 is 0 Å². The second-order valence-corrected chi connectivity index (χ2v) is 11.1. The molecule has 198 valence electrons. The highest BCUT2D eigenvalue weighted by atomic mass is 16.5. The molecule has 1 saturated heterocycles. The number of nitrogens with zero attached hydrogens (tertiary/aromatic N) is 4. The number of hydrogen-bond acceptors (Lipinski definition) is 6. The monoisotopic (exact) mass is 514 g/mol. The zero-order valence-electron chi connectivity index (χ0n) is 22.5. The number of aromatic nitrogens is 2. The molecule has 2 aliphatic heterocycles. The van der Waals surface area contributed by atoms with Crippen molar-refractivity contribution < 1.29 is 19.2 Å². The summed E-state index contributed by atoms with van der Waals surface area (Å²) in [4.78, 5) is 37.6. The molecular formula is C30H34N4O4. The molecule has 5 rings (SSSR count). The maximum Gasteiger partial charge on any atom is 0.256 e. The second kappa shape index (κ2) is 9.91. The van der Waals surface area contributed by atoms with Gasteiger partial charge < -0.3 is 14.5 Å². The lowest BCUT2D eigenvalue weighted by Gasteiger charge is -2.30. The van der Waals surface area contributed by atoms with E-state index in [1.807, 2.05) is 71.0 Å². The summed E-state index contributed by atoms with van der Waals surface area (Å²) in [6, 6.07) is 13.3. The Morgan fingerprint density at radius 3 is 2.55 bits per heavy atom. The van der Waals surface area contributed by atoms with E-state index in [1.165, 1.54) is 0 Å². The first-order valence-electron chi connectivity index (χ1n) is 13.1. The Bertz CT molecular complexity index is 1390. The van der Waals surface area contributed by atoms with Crippen molar-refractivity contribution in [1.29, 1.82) is 0 Å². The summed E-state index contributed by atoms with van der Waals surface area (Å²) >= 11 is 0. The van der Waals surface area contributed by atoms with E-state index in [2.05, 4.69) is 15.1 Å². The van der Waals surface area contributed by atoms with Crippen molar-refractivity contribution in [2.24, 2.45) is 10.9 Å². The van der Waals surface area contributed by atoms with Crippen molar-refractivity contribution in [3.05, 3.63) is 71.4 Å². The Labute approximate surface area is 222 Å². The molecule has 0 aliphatic carbocycles. The minimum absolute atomic E-state index is 0.0346. The van der Waals surface area contributed by atoms with Gasteiger partial charge in [0.25, 0.3) is 5.91 Å². The topological polar surface area (TPSA) is 109 Å². The molecule has 0 unspecified atom stereocenters. The number of aliphatic imine (C=N–C) groups is 1. The normalized spacial score (nSPS) is 24.2. The number of carbonyl (C=O) groups excluding carboxylic acids is 2. The van der Waals surface area contributed by atoms with Crippen LogP contribution in [0.3, 0.4) is 0 Å². The molecule has 38 heavy (non-hydrogen) atoms. The predicted molar refractivity (Wildman–Crippen MR) is 144 cm³/mol. The van der Waals surface area contributed by atoms with Crippen LogP contribution in [0, 0.1) is 19.8 Å². The van der Waals surface area contributed by atoms with Gasteiger partial charge in [0.05, 0.1) is 23.3 Å². The van der Waals surface area contributed by atoms with E-state index < -0.39 is 23.5 Å². The number of likely N-dealkylation sites (tertiary alicyclic amines) is 1. The van der Waals surface area contributed by atoms with Crippen LogP contribution in [0.25, 0.3) is 11.1 Å². The molecule has 8 heteroatoms. The molecule has 1 N–H and O–H groups in total. The fourth-order valence-corrected chi connectivity index (χ4v) is 5.77. The smallest absolute Gasteiger partial charge is 0.256 e. The molecule has 0 saturated carbocycles. The van der Waals surface area contributed by atoms with E-state index in [0.29, 0.717) is 30.0 Å². The Kier molecular flexibility index (Phi) is 6.77. The fraction of sp³-hybridized carbons (Fsp3) is 0.433. The van der Waals surface area contributed by atoms with Gasteiger partial charge in [-0.25, -0.2) is 4.99 Å². The van der Waals surface area contributed by atoms with E-state index >= 15 is 0 Å². The van der Waals surface area contributed by atoms with Crippen molar-refractivity contribution in [3.63, 3.8) is 0 Å². The molecule has 4 atom stereocenters. The Morgan fingerprint density at radius 1 is 1.18 bits per heavy atom. The van der Waals surface area contributed by atoms with E-state index in [0.717, 1.165) is 22.4 Å². The number of rotatable bonds is 6. The van der Waals surface area contributed by atoms with Crippen LogP contribution < -0.4 is 0 Å². The molecule has 2 aromatic heterocycles. The van der Waals surface area contributed by atoms with Crippen LogP contribution in [0.5, 0.6) is 0 Å². The van der Waals surface area contributed by atoms with Gasteiger partial charge in [-0.05, 0) is 43.9 Å². The summed E-state index contributed by atoms with van der Waals surface area (Å²) in [5.74, 6) is -0.416. The third-order valence-corrected chi connectivity index (χ3v) is 7.92. The quantitative estimate of drug-likeness (QED) is 0.523. The summed E-state index contributed by atoms with van der Waals surface area (Å²) in [5, 5.41) is 14.5. The summed E-state index contributed by atoms with van der Waals surface area (Å²) in [6.07, 6.45) is 1.84. The Hall–Kier alpha value is -3.65. The van der Waals surface area contributed by atoms with E-state index in [9.17, 15) is 14.7 Å². The number of aliphatic hydroxyl groups is 1. The number of benzene rings is 1. The van der Waals surface area contributed by atoms with E-state index in [4.69, 9.17) is 4.52 Å². The highest BCUT2D eigenvalue weighted by molar-refractivity contribution is 6.11. The second-order valence-electron chi connectivity index (χ2n) is 11.1. The van der Waals surface area contributed by atoms with E-state index in [1.54, 1.807) is 17.2 Å². The van der Waals surface area contributed by atoms with Crippen molar-refractivity contribution in [2.75, 3.05) is 6.54 Å². The molecule has 2 amide bonds. The number of β-amino-alcohol motifs (C(OH)–C–C–N with tert-alkyl or cyclic N) is 1. The predicted octanol–water partition coefficient (Wildman–Crippen LogP) is 4.38. The van der Waals surface area contributed by atoms with Crippen molar-refractivity contribution >= 4 is 17.5 Å².